The van der Waals surface area contributed by atoms with E-state index in [0.717, 1.165) is 22.9 Å². The van der Waals surface area contributed by atoms with E-state index in [2.05, 4.69) is 20.6 Å². The molecule has 26 heavy (non-hydrogen) atoms. The molecule has 1 unspecified atom stereocenters. The molecule has 8 nitrogen and oxygen atoms in total. The number of rotatable bonds is 6. The predicted octanol–water partition coefficient (Wildman–Crippen LogP) is 1.85. The van der Waals surface area contributed by atoms with Crippen LogP contribution < -0.4 is 10.8 Å². The van der Waals surface area contributed by atoms with Gasteiger partial charge in [0.1, 0.15) is 5.82 Å². The van der Waals surface area contributed by atoms with E-state index in [9.17, 15) is 14.4 Å². The lowest BCUT2D eigenvalue weighted by atomic mass is 9.83. The number of amides is 1. The Labute approximate surface area is 153 Å². The highest BCUT2D eigenvalue weighted by atomic mass is 32.2. The van der Waals surface area contributed by atoms with E-state index >= 15 is 0 Å². The zero-order valence-corrected chi connectivity index (χ0v) is 15.0. The van der Waals surface area contributed by atoms with Gasteiger partial charge in [0.25, 0.3) is 0 Å². The topological polar surface area (TPSA) is 113 Å². The molecule has 0 fully saturated rings. The Morgan fingerprint density at radius 2 is 2.31 bits per heavy atom. The SMILES string of the molecule is CC(C)NC(=O)CSc1nonc1C(=NC1Cc2ccc(F)cc21)NO. The summed E-state index contributed by atoms with van der Waals surface area (Å²) in [5.41, 5.74) is 3.96. The lowest BCUT2D eigenvalue weighted by Gasteiger charge is -2.27. The van der Waals surface area contributed by atoms with Crippen molar-refractivity contribution in [3.05, 3.63) is 40.8 Å². The van der Waals surface area contributed by atoms with E-state index in [1.54, 1.807) is 6.07 Å². The zero-order chi connectivity index (χ0) is 18.7. The molecule has 1 aliphatic carbocycles. The fraction of sp³-hybridized carbons (Fsp3) is 0.375. The van der Waals surface area contributed by atoms with Crippen LogP contribution in [0, 0.1) is 5.82 Å². The molecule has 1 aliphatic rings. The normalized spacial score (nSPS) is 16.2. The van der Waals surface area contributed by atoms with Crippen LogP contribution in [0.4, 0.5) is 4.39 Å². The highest BCUT2D eigenvalue weighted by Gasteiger charge is 2.28. The van der Waals surface area contributed by atoms with Gasteiger partial charge in [0.05, 0.1) is 11.8 Å². The molecule has 0 saturated carbocycles. The fourth-order valence-electron chi connectivity index (χ4n) is 2.58. The van der Waals surface area contributed by atoms with Gasteiger partial charge >= 0.3 is 0 Å². The monoisotopic (exact) mass is 379 g/mol. The summed E-state index contributed by atoms with van der Waals surface area (Å²) in [4.78, 5) is 16.1. The molecule has 1 amide bonds. The second kappa shape index (κ2) is 7.83. The number of thioether (sulfide) groups is 1. The molecule has 2 aromatic rings. The standard InChI is InChI=1S/C16H18FN5O3S/c1-8(2)18-13(23)7-26-16-14(21-25-22-16)15(20-24)19-12-5-9-3-4-10(17)6-11(9)12/h3-4,6,8,12,24H,5,7H2,1-2H3,(H,18,23)(H,19,20). The Kier molecular flexibility index (Phi) is 5.52. The summed E-state index contributed by atoms with van der Waals surface area (Å²) in [6, 6.07) is 4.29. The summed E-state index contributed by atoms with van der Waals surface area (Å²) in [5, 5.41) is 20.0. The van der Waals surface area contributed by atoms with Crippen LogP contribution in [0.15, 0.2) is 32.8 Å². The third-order valence-electron chi connectivity index (χ3n) is 3.74. The van der Waals surface area contributed by atoms with Crippen molar-refractivity contribution >= 4 is 23.5 Å². The van der Waals surface area contributed by atoms with E-state index in [0.29, 0.717) is 11.4 Å². The second-order valence-corrected chi connectivity index (χ2v) is 7.05. The summed E-state index contributed by atoms with van der Waals surface area (Å²) < 4.78 is 18.1. The Bertz CT molecular complexity index is 839. The van der Waals surface area contributed by atoms with Gasteiger partial charge in [-0.15, -0.1) is 0 Å². The maximum Gasteiger partial charge on any atom is 0.230 e. The largest absolute Gasteiger partial charge is 0.353 e. The average Bonchev–Trinajstić information content (AvgIpc) is 3.04. The minimum absolute atomic E-state index is 0.0355. The summed E-state index contributed by atoms with van der Waals surface area (Å²) >= 11 is 1.12. The number of amidine groups is 1. The number of aromatic nitrogens is 2. The van der Waals surface area contributed by atoms with Gasteiger partial charge in [-0.3, -0.25) is 20.5 Å². The van der Waals surface area contributed by atoms with Gasteiger partial charge in [-0.05, 0) is 53.8 Å². The van der Waals surface area contributed by atoms with Gasteiger partial charge in [0, 0.05) is 6.04 Å². The van der Waals surface area contributed by atoms with Crippen LogP contribution in [-0.2, 0) is 11.2 Å². The molecule has 0 spiro atoms. The van der Waals surface area contributed by atoms with Crippen molar-refractivity contribution in [1.29, 1.82) is 0 Å². The number of benzene rings is 1. The minimum atomic E-state index is -0.335. The van der Waals surface area contributed by atoms with Crippen molar-refractivity contribution in [1.82, 2.24) is 21.1 Å². The summed E-state index contributed by atoms with van der Waals surface area (Å²) in [7, 11) is 0. The first-order valence-electron chi connectivity index (χ1n) is 7.99. The summed E-state index contributed by atoms with van der Waals surface area (Å²) in [6.45, 7) is 3.73. The number of carbonyl (C=O) groups is 1. The Morgan fingerprint density at radius 1 is 1.50 bits per heavy atom. The van der Waals surface area contributed by atoms with E-state index in [1.807, 2.05) is 19.3 Å². The number of carbonyl (C=O) groups excluding carboxylic acids is 1. The second-order valence-electron chi connectivity index (χ2n) is 6.08. The fourth-order valence-corrected chi connectivity index (χ4v) is 3.29. The maximum atomic E-state index is 13.4. The molecule has 138 valence electrons. The first kappa shape index (κ1) is 18.3. The number of halogens is 1. The number of hydroxylamine groups is 1. The number of nitrogens with one attached hydrogen (secondary N) is 2. The molecule has 1 heterocycles. The van der Waals surface area contributed by atoms with Gasteiger partial charge < -0.3 is 5.32 Å². The molecule has 1 atom stereocenters. The minimum Gasteiger partial charge on any atom is -0.353 e. The molecule has 1 aromatic heterocycles. The van der Waals surface area contributed by atoms with Gasteiger partial charge in [-0.2, -0.15) is 0 Å². The smallest absolute Gasteiger partial charge is 0.230 e. The molecule has 3 rings (SSSR count). The van der Waals surface area contributed by atoms with Crippen LogP contribution in [0.5, 0.6) is 0 Å². The van der Waals surface area contributed by atoms with Crippen LogP contribution in [0.1, 0.15) is 36.7 Å². The van der Waals surface area contributed by atoms with Crippen molar-refractivity contribution in [3.8, 4) is 0 Å². The van der Waals surface area contributed by atoms with Crippen molar-refractivity contribution in [3.63, 3.8) is 0 Å². The molecular weight excluding hydrogens is 361 g/mol. The first-order valence-corrected chi connectivity index (χ1v) is 8.97. The lowest BCUT2D eigenvalue weighted by Crippen LogP contribution is -2.31. The van der Waals surface area contributed by atoms with Crippen molar-refractivity contribution in [2.45, 2.75) is 37.4 Å². The highest BCUT2D eigenvalue weighted by molar-refractivity contribution is 8.00. The van der Waals surface area contributed by atoms with E-state index in [4.69, 9.17) is 4.63 Å². The highest BCUT2D eigenvalue weighted by Crippen LogP contribution is 2.37. The summed E-state index contributed by atoms with van der Waals surface area (Å²) in [6.07, 6.45) is 0.630. The van der Waals surface area contributed by atoms with Crippen LogP contribution in [0.25, 0.3) is 0 Å². The first-order chi connectivity index (χ1) is 12.5. The molecule has 0 saturated heterocycles. The van der Waals surface area contributed by atoms with Crippen molar-refractivity contribution in [2.75, 3.05) is 5.75 Å². The number of aliphatic imine (C=N–C) groups is 1. The number of fused-ring (bicyclic) bond motifs is 1. The van der Waals surface area contributed by atoms with Gasteiger partial charge in [0.15, 0.2) is 16.6 Å². The molecule has 10 heteroatoms. The number of hydrogen-bond acceptors (Lipinski definition) is 7. The molecule has 0 radical (unpaired) electrons. The van der Waals surface area contributed by atoms with Crippen LogP contribution in [0.2, 0.25) is 0 Å². The third-order valence-corrected chi connectivity index (χ3v) is 4.69. The molecule has 0 bridgehead atoms. The summed E-state index contributed by atoms with van der Waals surface area (Å²) in [5.74, 6) is -0.316. The van der Waals surface area contributed by atoms with Gasteiger partial charge in [-0.1, -0.05) is 17.8 Å². The van der Waals surface area contributed by atoms with Gasteiger partial charge in [0.2, 0.25) is 5.91 Å². The van der Waals surface area contributed by atoms with E-state index in [-0.39, 0.29) is 41.1 Å². The molecule has 3 N–H and O–H groups in total. The van der Waals surface area contributed by atoms with Crippen LogP contribution >= 0.6 is 11.8 Å². The quantitative estimate of drug-likeness (QED) is 0.304. The molecular formula is C16H18FN5O3S. The Hall–Kier alpha value is -2.46. The Balaban J connectivity index is 1.73. The number of nitrogens with zero attached hydrogens (tertiary/aromatic N) is 3. The lowest BCUT2D eigenvalue weighted by molar-refractivity contribution is -0.119. The third kappa shape index (κ3) is 4.02. The van der Waals surface area contributed by atoms with E-state index < -0.39 is 0 Å². The van der Waals surface area contributed by atoms with E-state index in [1.165, 1.54) is 12.1 Å². The number of hydrogen-bond donors (Lipinski definition) is 3. The van der Waals surface area contributed by atoms with Gasteiger partial charge in [-0.25, -0.2) is 9.02 Å². The van der Waals surface area contributed by atoms with Crippen molar-refractivity contribution < 1.29 is 19.0 Å². The maximum absolute atomic E-state index is 13.4. The predicted molar refractivity (Wildman–Crippen MR) is 92.6 cm³/mol. The van der Waals surface area contributed by atoms with Crippen LogP contribution in [-0.4, -0.2) is 39.1 Å². The Morgan fingerprint density at radius 3 is 3.04 bits per heavy atom. The zero-order valence-electron chi connectivity index (χ0n) is 14.2. The van der Waals surface area contributed by atoms with Crippen LogP contribution in [0.3, 0.4) is 0 Å². The average molecular weight is 379 g/mol. The molecule has 1 aromatic carbocycles. The van der Waals surface area contributed by atoms with Crippen molar-refractivity contribution in [2.24, 2.45) is 4.99 Å². The molecule has 0 aliphatic heterocycles.